The van der Waals surface area contributed by atoms with Crippen LogP contribution in [-0.4, -0.2) is 37.9 Å². The number of carbonyl (C=O) groups excluding carboxylic acids is 2. The number of hydrogen-bond donors (Lipinski definition) is 1. The molecule has 0 radical (unpaired) electrons. The van der Waals surface area contributed by atoms with E-state index in [1.807, 2.05) is 39.2 Å². The van der Waals surface area contributed by atoms with Gasteiger partial charge in [-0.25, -0.2) is 4.79 Å². The van der Waals surface area contributed by atoms with E-state index in [4.69, 9.17) is 9.47 Å². The number of rotatable bonds is 8. The summed E-state index contributed by atoms with van der Waals surface area (Å²) in [6.45, 7) is 8.34. The van der Waals surface area contributed by atoms with Gasteiger partial charge in [-0.2, -0.15) is 5.26 Å². The van der Waals surface area contributed by atoms with Crippen LogP contribution in [0.2, 0.25) is 0 Å². The fourth-order valence-electron chi connectivity index (χ4n) is 2.59. The normalized spacial score (nSPS) is 10.9. The van der Waals surface area contributed by atoms with E-state index in [9.17, 15) is 14.9 Å². The lowest BCUT2D eigenvalue weighted by molar-refractivity contribution is -0.128. The van der Waals surface area contributed by atoms with Crippen molar-refractivity contribution in [3.05, 3.63) is 34.7 Å². The number of benzene rings is 1. The van der Waals surface area contributed by atoms with E-state index in [0.29, 0.717) is 34.9 Å². The van der Waals surface area contributed by atoms with Gasteiger partial charge < -0.3 is 14.8 Å². The molecule has 0 spiro atoms. The van der Waals surface area contributed by atoms with E-state index in [1.54, 1.807) is 19.1 Å². The highest BCUT2D eigenvalue weighted by molar-refractivity contribution is 8.00. The van der Waals surface area contributed by atoms with Gasteiger partial charge in [-0.15, -0.1) is 23.1 Å². The first-order valence-electron chi connectivity index (χ1n) is 9.52. The van der Waals surface area contributed by atoms with Crippen LogP contribution in [-0.2, 0) is 9.53 Å². The summed E-state index contributed by atoms with van der Waals surface area (Å²) in [4.78, 5) is 24.7. The first kappa shape index (κ1) is 23.8. The Morgan fingerprint density at radius 1 is 1.23 bits per heavy atom. The highest BCUT2D eigenvalue weighted by atomic mass is 32.2. The van der Waals surface area contributed by atoms with Crippen molar-refractivity contribution < 1.29 is 19.1 Å². The Morgan fingerprint density at radius 3 is 2.43 bits per heavy atom. The Bertz CT molecular complexity index is 938. The van der Waals surface area contributed by atoms with E-state index in [0.717, 1.165) is 9.77 Å². The van der Waals surface area contributed by atoms with Crippen LogP contribution in [0.1, 0.15) is 42.9 Å². The Kier molecular flexibility index (Phi) is 8.33. The Morgan fingerprint density at radius 2 is 1.90 bits per heavy atom. The summed E-state index contributed by atoms with van der Waals surface area (Å²) >= 11 is 2.71. The fourth-order valence-corrected chi connectivity index (χ4v) is 4.42. The number of thioether (sulfide) groups is 1. The smallest absolute Gasteiger partial charge is 0.349 e. The van der Waals surface area contributed by atoms with Crippen LogP contribution in [0.3, 0.4) is 0 Å². The zero-order chi connectivity index (χ0) is 22.3. The highest BCUT2D eigenvalue weighted by Gasteiger charge is 2.25. The van der Waals surface area contributed by atoms with E-state index in [1.165, 1.54) is 23.1 Å². The molecule has 30 heavy (non-hydrogen) atoms. The zero-order valence-electron chi connectivity index (χ0n) is 17.8. The Labute approximate surface area is 185 Å². The predicted octanol–water partition coefficient (Wildman–Crippen LogP) is 4.73. The molecule has 160 valence electrons. The number of nitrogens with one attached hydrogen (secondary N) is 1. The van der Waals surface area contributed by atoms with Gasteiger partial charge in [-0.05, 0) is 30.9 Å². The molecule has 0 saturated heterocycles. The molecule has 0 bridgehead atoms. The molecule has 2 aromatic rings. The topological polar surface area (TPSA) is 88.4 Å². The first-order valence-corrected chi connectivity index (χ1v) is 11.6. The van der Waals surface area contributed by atoms with Crippen LogP contribution < -0.4 is 10.1 Å². The van der Waals surface area contributed by atoms with Gasteiger partial charge in [0.05, 0.1) is 22.9 Å². The van der Waals surface area contributed by atoms with Crippen LogP contribution in [0.4, 0.5) is 0 Å². The molecule has 1 aromatic heterocycles. The molecule has 0 aliphatic carbocycles. The molecule has 0 aliphatic rings. The number of ether oxygens (including phenoxy) is 2. The lowest BCUT2D eigenvalue weighted by Crippen LogP contribution is -2.37. The van der Waals surface area contributed by atoms with Crippen molar-refractivity contribution in [3.63, 3.8) is 0 Å². The summed E-state index contributed by atoms with van der Waals surface area (Å²) in [5.41, 5.74) is 1.38. The van der Waals surface area contributed by atoms with E-state index in [2.05, 4.69) is 11.4 Å². The van der Waals surface area contributed by atoms with E-state index < -0.39 is 11.4 Å². The van der Waals surface area contributed by atoms with Crippen molar-refractivity contribution in [2.75, 3.05) is 26.0 Å². The van der Waals surface area contributed by atoms with Crippen molar-refractivity contribution in [1.29, 1.82) is 5.26 Å². The standard InChI is InChI=1S/C22H26N2O4S2/c1-6-27-19(25)18-17(16(13-23)20(29-5)30-18)14-7-9-15(10-8-14)28-12-11-24-21(26)22(2,3)4/h7-10H,6,11-12H2,1-5H3,(H,24,26). The average molecular weight is 447 g/mol. The lowest BCUT2D eigenvalue weighted by atomic mass is 9.96. The third-order valence-corrected chi connectivity index (χ3v) is 6.40. The van der Waals surface area contributed by atoms with Crippen molar-refractivity contribution in [3.8, 4) is 22.9 Å². The molecule has 6 nitrogen and oxygen atoms in total. The maximum absolute atomic E-state index is 12.4. The molecule has 0 aliphatic heterocycles. The van der Waals surface area contributed by atoms with Gasteiger partial charge in [0.1, 0.15) is 23.3 Å². The molecular weight excluding hydrogens is 420 g/mol. The second kappa shape index (κ2) is 10.5. The minimum atomic E-state index is -0.438. The van der Waals surface area contributed by atoms with Gasteiger partial charge in [0.25, 0.3) is 0 Å². The highest BCUT2D eigenvalue weighted by Crippen LogP contribution is 2.41. The summed E-state index contributed by atoms with van der Waals surface area (Å²) in [5.74, 6) is 0.184. The van der Waals surface area contributed by atoms with Gasteiger partial charge in [-0.3, -0.25) is 4.79 Å². The van der Waals surface area contributed by atoms with Gasteiger partial charge in [0.2, 0.25) is 5.91 Å². The van der Waals surface area contributed by atoms with Gasteiger partial charge in [0, 0.05) is 11.0 Å². The van der Waals surface area contributed by atoms with Crippen molar-refractivity contribution in [2.24, 2.45) is 5.41 Å². The van der Waals surface area contributed by atoms with Gasteiger partial charge in [0.15, 0.2) is 0 Å². The number of esters is 1. The van der Waals surface area contributed by atoms with Crippen LogP contribution in [0.25, 0.3) is 11.1 Å². The third-order valence-electron chi connectivity index (χ3n) is 4.11. The summed E-state index contributed by atoms with van der Waals surface area (Å²) in [6.07, 6.45) is 1.88. The fraction of sp³-hybridized carbons (Fsp3) is 0.409. The van der Waals surface area contributed by atoms with Crippen LogP contribution in [0, 0.1) is 16.7 Å². The van der Waals surface area contributed by atoms with E-state index in [-0.39, 0.29) is 12.5 Å². The molecule has 0 saturated carbocycles. The molecule has 1 N–H and O–H groups in total. The number of thiophene rings is 1. The average Bonchev–Trinajstić information content (AvgIpc) is 3.09. The van der Waals surface area contributed by atoms with Gasteiger partial charge >= 0.3 is 5.97 Å². The maximum atomic E-state index is 12.4. The summed E-state index contributed by atoms with van der Waals surface area (Å²) in [6, 6.07) is 9.43. The third kappa shape index (κ3) is 5.77. The number of carbonyl (C=O) groups is 2. The second-order valence-corrected chi connectivity index (χ2v) is 9.48. The first-order chi connectivity index (χ1) is 14.2. The largest absolute Gasteiger partial charge is 0.492 e. The molecule has 2 rings (SSSR count). The minimum absolute atomic E-state index is 0.0287. The predicted molar refractivity (Wildman–Crippen MR) is 120 cm³/mol. The maximum Gasteiger partial charge on any atom is 0.349 e. The lowest BCUT2D eigenvalue weighted by Gasteiger charge is -2.17. The van der Waals surface area contributed by atoms with Crippen LogP contribution in [0.5, 0.6) is 5.75 Å². The molecule has 1 amide bonds. The molecule has 1 aromatic carbocycles. The molecule has 8 heteroatoms. The van der Waals surface area contributed by atoms with Crippen LogP contribution in [0.15, 0.2) is 28.5 Å². The monoisotopic (exact) mass is 446 g/mol. The molecule has 0 fully saturated rings. The van der Waals surface area contributed by atoms with Crippen molar-refractivity contribution in [2.45, 2.75) is 31.9 Å². The number of nitrogens with zero attached hydrogens (tertiary/aromatic N) is 1. The molecule has 0 unspecified atom stereocenters. The van der Waals surface area contributed by atoms with Crippen LogP contribution >= 0.6 is 23.1 Å². The Balaban J connectivity index is 2.16. The zero-order valence-corrected chi connectivity index (χ0v) is 19.5. The summed E-state index contributed by atoms with van der Waals surface area (Å²) in [7, 11) is 0. The van der Waals surface area contributed by atoms with E-state index >= 15 is 0 Å². The molecular formula is C22H26N2O4S2. The summed E-state index contributed by atoms with van der Waals surface area (Å²) < 4.78 is 11.6. The molecule has 1 heterocycles. The number of nitriles is 1. The Hall–Kier alpha value is -2.50. The number of hydrogen-bond acceptors (Lipinski definition) is 7. The second-order valence-electron chi connectivity index (χ2n) is 7.38. The minimum Gasteiger partial charge on any atom is -0.492 e. The van der Waals surface area contributed by atoms with Crippen molar-refractivity contribution in [1.82, 2.24) is 5.32 Å². The number of amides is 1. The molecule has 0 atom stereocenters. The quantitative estimate of drug-likeness (QED) is 0.358. The van der Waals surface area contributed by atoms with Crippen molar-refractivity contribution >= 4 is 35.0 Å². The van der Waals surface area contributed by atoms with Gasteiger partial charge in [-0.1, -0.05) is 32.9 Å². The summed E-state index contributed by atoms with van der Waals surface area (Å²) in [5, 5.41) is 12.5. The SMILES string of the molecule is CCOC(=O)c1sc(SC)c(C#N)c1-c1ccc(OCCNC(=O)C(C)(C)C)cc1.